The average molecular weight is 235 g/mol. The first kappa shape index (κ1) is 10.8. The smallest absolute Gasteiger partial charge is 0.151 e. The predicted octanol–water partition coefficient (Wildman–Crippen LogP) is 2.70. The van der Waals surface area contributed by atoms with Crippen molar-refractivity contribution in [2.75, 3.05) is 5.32 Å². The monoisotopic (exact) mass is 234 g/mol. The van der Waals surface area contributed by atoms with Crippen molar-refractivity contribution in [2.45, 2.75) is 13.0 Å². The molecular weight excluding hydrogens is 224 g/mol. The van der Waals surface area contributed by atoms with Gasteiger partial charge in [-0.2, -0.15) is 0 Å². The van der Waals surface area contributed by atoms with Gasteiger partial charge in [0.25, 0.3) is 0 Å². The van der Waals surface area contributed by atoms with Crippen molar-refractivity contribution >= 4 is 17.4 Å². The van der Waals surface area contributed by atoms with Crippen LogP contribution in [-0.2, 0) is 0 Å². The van der Waals surface area contributed by atoms with Gasteiger partial charge in [-0.05, 0) is 31.2 Å². The summed E-state index contributed by atoms with van der Waals surface area (Å²) >= 11 is 5.65. The Kier molecular flexibility index (Phi) is 3.31. The molecule has 0 aliphatic carbocycles. The minimum absolute atomic E-state index is 0.0803. The van der Waals surface area contributed by atoms with Crippen molar-refractivity contribution in [3.05, 3.63) is 47.4 Å². The molecule has 0 amide bonds. The Hall–Kier alpha value is -1.68. The van der Waals surface area contributed by atoms with E-state index in [9.17, 15) is 0 Å². The van der Waals surface area contributed by atoms with Crippen LogP contribution < -0.4 is 5.32 Å². The van der Waals surface area contributed by atoms with Crippen molar-refractivity contribution < 1.29 is 0 Å². The van der Waals surface area contributed by atoms with Crippen molar-refractivity contribution in [1.82, 2.24) is 15.2 Å². The molecule has 2 heterocycles. The molecule has 0 radical (unpaired) electrons. The second kappa shape index (κ2) is 4.90. The standard InChI is InChI=1S/C11H11ClN4/c1-8(9-4-2-3-7-13-9)14-11-6-5-10(12)15-16-11/h2-8H,1H3,(H,14,16). The normalized spacial score (nSPS) is 12.1. The topological polar surface area (TPSA) is 50.7 Å². The van der Waals surface area contributed by atoms with Crippen LogP contribution >= 0.6 is 11.6 Å². The summed E-state index contributed by atoms with van der Waals surface area (Å²) in [5.74, 6) is 0.683. The van der Waals surface area contributed by atoms with Gasteiger partial charge in [0.1, 0.15) is 5.82 Å². The molecule has 0 saturated carbocycles. The molecule has 0 aromatic carbocycles. The lowest BCUT2D eigenvalue weighted by Crippen LogP contribution is -2.09. The summed E-state index contributed by atoms with van der Waals surface area (Å²) in [5.41, 5.74) is 0.958. The summed E-state index contributed by atoms with van der Waals surface area (Å²) < 4.78 is 0. The summed E-state index contributed by atoms with van der Waals surface area (Å²) in [4.78, 5) is 4.26. The van der Waals surface area contributed by atoms with Crippen LogP contribution in [0.15, 0.2) is 36.5 Å². The fourth-order valence-corrected chi connectivity index (χ4v) is 1.42. The first-order chi connectivity index (χ1) is 7.75. The van der Waals surface area contributed by atoms with Gasteiger partial charge in [0.2, 0.25) is 0 Å². The summed E-state index contributed by atoms with van der Waals surface area (Å²) in [6.45, 7) is 2.01. The number of anilines is 1. The Bertz CT molecular complexity index is 443. The molecule has 0 aliphatic rings. The molecule has 5 heteroatoms. The van der Waals surface area contributed by atoms with Crippen LogP contribution in [0.3, 0.4) is 0 Å². The van der Waals surface area contributed by atoms with E-state index in [1.807, 2.05) is 25.1 Å². The first-order valence-electron chi connectivity index (χ1n) is 4.92. The Morgan fingerprint density at radius 2 is 2.06 bits per heavy atom. The van der Waals surface area contributed by atoms with Crippen molar-refractivity contribution in [3.8, 4) is 0 Å². The van der Waals surface area contributed by atoms with Crippen molar-refractivity contribution in [1.29, 1.82) is 0 Å². The fourth-order valence-electron chi connectivity index (χ4n) is 1.32. The molecule has 0 saturated heterocycles. The Labute approximate surface area is 98.7 Å². The van der Waals surface area contributed by atoms with Gasteiger partial charge in [0.05, 0.1) is 11.7 Å². The number of aromatic nitrogens is 3. The quantitative estimate of drug-likeness (QED) is 0.887. The zero-order chi connectivity index (χ0) is 11.4. The number of hydrogen-bond donors (Lipinski definition) is 1. The van der Waals surface area contributed by atoms with Crippen LogP contribution in [-0.4, -0.2) is 15.2 Å². The van der Waals surface area contributed by atoms with Gasteiger partial charge in [-0.1, -0.05) is 17.7 Å². The maximum atomic E-state index is 5.65. The Morgan fingerprint density at radius 1 is 1.19 bits per heavy atom. The second-order valence-electron chi connectivity index (χ2n) is 3.36. The van der Waals surface area contributed by atoms with E-state index < -0.39 is 0 Å². The molecule has 1 atom stereocenters. The van der Waals surface area contributed by atoms with E-state index in [2.05, 4.69) is 20.5 Å². The maximum Gasteiger partial charge on any atom is 0.151 e. The van der Waals surface area contributed by atoms with E-state index in [0.29, 0.717) is 11.0 Å². The summed E-state index contributed by atoms with van der Waals surface area (Å²) in [6.07, 6.45) is 1.76. The van der Waals surface area contributed by atoms with Gasteiger partial charge in [-0.25, -0.2) is 0 Å². The van der Waals surface area contributed by atoms with Crippen LogP contribution in [0.2, 0.25) is 5.15 Å². The molecule has 0 bridgehead atoms. The van der Waals surface area contributed by atoms with Crippen LogP contribution in [0.25, 0.3) is 0 Å². The van der Waals surface area contributed by atoms with Crippen LogP contribution in [0.5, 0.6) is 0 Å². The highest BCUT2D eigenvalue weighted by molar-refractivity contribution is 6.29. The Balaban J connectivity index is 2.08. The SMILES string of the molecule is CC(Nc1ccc(Cl)nn1)c1ccccn1. The largest absolute Gasteiger partial charge is 0.360 e. The number of hydrogen-bond acceptors (Lipinski definition) is 4. The molecule has 2 aromatic rings. The van der Waals surface area contributed by atoms with Crippen LogP contribution in [0.4, 0.5) is 5.82 Å². The number of halogens is 1. The number of nitrogens with one attached hydrogen (secondary N) is 1. The summed E-state index contributed by atoms with van der Waals surface area (Å²) in [7, 11) is 0. The van der Waals surface area contributed by atoms with Gasteiger partial charge in [0.15, 0.2) is 5.15 Å². The zero-order valence-corrected chi connectivity index (χ0v) is 9.52. The number of nitrogens with zero attached hydrogens (tertiary/aromatic N) is 3. The summed E-state index contributed by atoms with van der Waals surface area (Å²) in [5, 5.41) is 11.3. The lowest BCUT2D eigenvalue weighted by molar-refractivity contribution is 0.823. The predicted molar refractivity (Wildman–Crippen MR) is 63.3 cm³/mol. The molecule has 0 fully saturated rings. The van der Waals surface area contributed by atoms with Crippen molar-refractivity contribution in [2.24, 2.45) is 0 Å². The van der Waals surface area contributed by atoms with Gasteiger partial charge >= 0.3 is 0 Å². The van der Waals surface area contributed by atoms with Gasteiger partial charge in [-0.3, -0.25) is 4.98 Å². The molecule has 82 valence electrons. The summed E-state index contributed by atoms with van der Waals surface area (Å²) in [6, 6.07) is 9.36. The third kappa shape index (κ3) is 2.67. The molecule has 2 aromatic heterocycles. The average Bonchev–Trinajstić information content (AvgIpc) is 2.33. The van der Waals surface area contributed by atoms with E-state index in [1.165, 1.54) is 0 Å². The Morgan fingerprint density at radius 3 is 2.69 bits per heavy atom. The first-order valence-corrected chi connectivity index (χ1v) is 5.30. The lowest BCUT2D eigenvalue weighted by atomic mass is 10.2. The van der Waals surface area contributed by atoms with E-state index in [4.69, 9.17) is 11.6 Å². The number of rotatable bonds is 3. The number of pyridine rings is 1. The molecule has 0 spiro atoms. The highest BCUT2D eigenvalue weighted by atomic mass is 35.5. The molecule has 0 aliphatic heterocycles. The van der Waals surface area contributed by atoms with E-state index in [-0.39, 0.29) is 6.04 Å². The zero-order valence-electron chi connectivity index (χ0n) is 8.76. The lowest BCUT2D eigenvalue weighted by Gasteiger charge is -2.12. The second-order valence-corrected chi connectivity index (χ2v) is 3.75. The van der Waals surface area contributed by atoms with Gasteiger partial charge in [-0.15, -0.1) is 10.2 Å². The third-order valence-electron chi connectivity index (χ3n) is 2.13. The maximum absolute atomic E-state index is 5.65. The highest BCUT2D eigenvalue weighted by Crippen LogP contribution is 2.15. The van der Waals surface area contributed by atoms with E-state index in [1.54, 1.807) is 18.3 Å². The van der Waals surface area contributed by atoms with E-state index in [0.717, 1.165) is 5.69 Å². The molecule has 16 heavy (non-hydrogen) atoms. The molecule has 1 unspecified atom stereocenters. The fraction of sp³-hybridized carbons (Fsp3) is 0.182. The van der Waals surface area contributed by atoms with E-state index >= 15 is 0 Å². The molecule has 1 N–H and O–H groups in total. The highest BCUT2D eigenvalue weighted by Gasteiger charge is 2.06. The third-order valence-corrected chi connectivity index (χ3v) is 2.33. The minimum Gasteiger partial charge on any atom is -0.360 e. The van der Waals surface area contributed by atoms with Gasteiger partial charge < -0.3 is 5.32 Å². The molecular formula is C11H11ClN4. The van der Waals surface area contributed by atoms with Crippen LogP contribution in [0, 0.1) is 0 Å². The minimum atomic E-state index is 0.0803. The van der Waals surface area contributed by atoms with Crippen molar-refractivity contribution in [3.63, 3.8) is 0 Å². The molecule has 4 nitrogen and oxygen atoms in total. The van der Waals surface area contributed by atoms with Crippen LogP contribution in [0.1, 0.15) is 18.7 Å². The molecule has 2 rings (SSSR count). The van der Waals surface area contributed by atoms with Gasteiger partial charge in [0, 0.05) is 6.20 Å².